The van der Waals surface area contributed by atoms with Crippen LogP contribution in [-0.4, -0.2) is 57.1 Å². The molecule has 36 heavy (non-hydrogen) atoms. The number of nitrogens with zero attached hydrogens (tertiary/aromatic N) is 2. The van der Waals surface area contributed by atoms with Gasteiger partial charge in [0.25, 0.3) is 0 Å². The predicted molar refractivity (Wildman–Crippen MR) is 136 cm³/mol. The lowest BCUT2D eigenvalue weighted by Gasteiger charge is -2.35. The number of carbonyl (C=O) groups excluding carboxylic acids is 1. The van der Waals surface area contributed by atoms with E-state index in [-0.39, 0.29) is 24.0 Å². The Balaban J connectivity index is 1.15. The molecule has 5 rings (SSSR count). The number of benzene rings is 3. The number of piperazine rings is 1. The minimum Gasteiger partial charge on any atom is -0.457 e. The van der Waals surface area contributed by atoms with Crippen LogP contribution in [-0.2, 0) is 14.8 Å². The first-order valence-electron chi connectivity index (χ1n) is 12.0. The fourth-order valence-electron chi connectivity index (χ4n) is 4.81. The standard InChI is InChI=1S/C27H28FN3O4S/c28-22-10-3-4-11-23(22)30-15-17-31(18-16-30)36(33,34)19-7-14-29-27(32)26-20-8-1-5-12-24(20)35-25-13-6-2-9-21(25)26/h1-6,8-13,26H,7,14-19H2,(H,29,32). The van der Waals surface area contributed by atoms with Crippen LogP contribution in [0.5, 0.6) is 11.5 Å². The SMILES string of the molecule is O=C(NCCCS(=O)(=O)N1CCN(c2ccccc2F)CC1)C1c2ccccc2Oc2ccccc21. The summed E-state index contributed by atoms with van der Waals surface area (Å²) in [6.07, 6.45) is 0.300. The first-order chi connectivity index (χ1) is 17.4. The molecule has 188 valence electrons. The predicted octanol–water partition coefficient (Wildman–Crippen LogP) is 3.72. The summed E-state index contributed by atoms with van der Waals surface area (Å²) in [5, 5.41) is 2.92. The van der Waals surface area contributed by atoms with Crippen molar-refractivity contribution in [2.24, 2.45) is 0 Å². The molecule has 1 N–H and O–H groups in total. The zero-order valence-corrected chi connectivity index (χ0v) is 20.6. The molecular formula is C27H28FN3O4S. The van der Waals surface area contributed by atoms with Crippen molar-refractivity contribution in [1.82, 2.24) is 9.62 Å². The number of carbonyl (C=O) groups is 1. The zero-order valence-electron chi connectivity index (χ0n) is 19.8. The first-order valence-corrected chi connectivity index (χ1v) is 13.7. The molecule has 0 unspecified atom stereocenters. The second-order valence-corrected chi connectivity index (χ2v) is 11.0. The molecule has 0 radical (unpaired) electrons. The van der Waals surface area contributed by atoms with E-state index in [9.17, 15) is 17.6 Å². The van der Waals surface area contributed by atoms with Crippen molar-refractivity contribution < 1.29 is 22.3 Å². The maximum atomic E-state index is 14.1. The van der Waals surface area contributed by atoms with Crippen LogP contribution in [0.2, 0.25) is 0 Å². The van der Waals surface area contributed by atoms with Crippen LogP contribution in [0.15, 0.2) is 72.8 Å². The molecule has 0 saturated carbocycles. The molecule has 9 heteroatoms. The van der Waals surface area contributed by atoms with E-state index in [1.165, 1.54) is 10.4 Å². The molecule has 0 atom stereocenters. The molecule has 1 saturated heterocycles. The number of hydrogen-bond donors (Lipinski definition) is 1. The molecule has 0 bridgehead atoms. The van der Waals surface area contributed by atoms with Crippen LogP contribution < -0.4 is 15.0 Å². The second kappa shape index (κ2) is 10.3. The monoisotopic (exact) mass is 509 g/mol. The van der Waals surface area contributed by atoms with Gasteiger partial charge in [-0.05, 0) is 30.7 Å². The summed E-state index contributed by atoms with van der Waals surface area (Å²) in [6, 6.07) is 21.4. The fraction of sp³-hybridized carbons (Fsp3) is 0.296. The van der Waals surface area contributed by atoms with Crippen molar-refractivity contribution in [2.75, 3.05) is 43.4 Å². The number of amides is 1. The highest BCUT2D eigenvalue weighted by atomic mass is 32.2. The molecule has 1 amide bonds. The Hall–Kier alpha value is -3.43. The molecule has 3 aromatic rings. The molecule has 0 aromatic heterocycles. The topological polar surface area (TPSA) is 79.0 Å². The van der Waals surface area contributed by atoms with Crippen LogP contribution in [0.25, 0.3) is 0 Å². The third kappa shape index (κ3) is 4.94. The normalized spacial score (nSPS) is 16.1. The number of nitrogens with one attached hydrogen (secondary N) is 1. The van der Waals surface area contributed by atoms with Gasteiger partial charge in [-0.2, -0.15) is 4.31 Å². The first kappa shape index (κ1) is 24.3. The molecule has 0 aliphatic carbocycles. The van der Waals surface area contributed by atoms with Crippen molar-refractivity contribution in [3.63, 3.8) is 0 Å². The number of halogens is 1. The number of rotatable bonds is 7. The van der Waals surface area contributed by atoms with Crippen LogP contribution in [0, 0.1) is 5.82 Å². The Morgan fingerprint density at radius 3 is 2.11 bits per heavy atom. The Morgan fingerprint density at radius 1 is 0.889 bits per heavy atom. The third-order valence-electron chi connectivity index (χ3n) is 6.65. The van der Waals surface area contributed by atoms with Gasteiger partial charge in [-0.25, -0.2) is 12.8 Å². The van der Waals surface area contributed by atoms with Gasteiger partial charge in [-0.15, -0.1) is 0 Å². The lowest BCUT2D eigenvalue weighted by molar-refractivity contribution is -0.121. The van der Waals surface area contributed by atoms with Crippen LogP contribution in [0.4, 0.5) is 10.1 Å². The van der Waals surface area contributed by atoms with Gasteiger partial charge >= 0.3 is 0 Å². The van der Waals surface area contributed by atoms with Crippen LogP contribution >= 0.6 is 0 Å². The van der Waals surface area contributed by atoms with Crippen molar-refractivity contribution in [2.45, 2.75) is 12.3 Å². The molecule has 3 aromatic carbocycles. The number of fused-ring (bicyclic) bond motifs is 2. The Bertz CT molecular complexity index is 1310. The summed E-state index contributed by atoms with van der Waals surface area (Å²) < 4.78 is 47.2. The number of anilines is 1. The summed E-state index contributed by atoms with van der Waals surface area (Å²) in [4.78, 5) is 15.1. The zero-order chi connectivity index (χ0) is 25.1. The van der Waals surface area contributed by atoms with Crippen molar-refractivity contribution in [3.8, 4) is 11.5 Å². The van der Waals surface area contributed by atoms with Crippen LogP contribution in [0.1, 0.15) is 23.5 Å². The van der Waals surface area contributed by atoms with E-state index >= 15 is 0 Å². The number of ether oxygens (including phenoxy) is 1. The minimum absolute atomic E-state index is 0.0616. The maximum Gasteiger partial charge on any atom is 0.232 e. The average Bonchev–Trinajstić information content (AvgIpc) is 2.90. The average molecular weight is 510 g/mol. The van der Waals surface area contributed by atoms with E-state index in [1.807, 2.05) is 53.4 Å². The van der Waals surface area contributed by atoms with Gasteiger partial charge in [-0.3, -0.25) is 4.79 Å². The minimum atomic E-state index is -3.48. The molecular weight excluding hydrogens is 481 g/mol. The van der Waals surface area contributed by atoms with Gasteiger partial charge in [0.05, 0.1) is 17.4 Å². The molecule has 7 nitrogen and oxygen atoms in total. The maximum absolute atomic E-state index is 14.1. The largest absolute Gasteiger partial charge is 0.457 e. The van der Waals surface area contributed by atoms with Gasteiger partial charge in [0.2, 0.25) is 15.9 Å². The van der Waals surface area contributed by atoms with Gasteiger partial charge in [0, 0.05) is 43.9 Å². The molecule has 2 heterocycles. The van der Waals surface area contributed by atoms with E-state index in [0.717, 1.165) is 11.1 Å². The molecule has 2 aliphatic heterocycles. The van der Waals surface area contributed by atoms with E-state index in [2.05, 4.69) is 5.32 Å². The summed E-state index contributed by atoms with van der Waals surface area (Å²) in [5.41, 5.74) is 2.07. The summed E-state index contributed by atoms with van der Waals surface area (Å²) in [7, 11) is -3.48. The molecule has 0 spiro atoms. The van der Waals surface area contributed by atoms with E-state index in [0.29, 0.717) is 49.8 Å². The van der Waals surface area contributed by atoms with E-state index in [1.54, 1.807) is 18.2 Å². The Morgan fingerprint density at radius 2 is 1.47 bits per heavy atom. The lowest BCUT2D eigenvalue weighted by Crippen LogP contribution is -2.49. The van der Waals surface area contributed by atoms with Crippen LogP contribution in [0.3, 0.4) is 0 Å². The van der Waals surface area contributed by atoms with Gasteiger partial charge < -0.3 is 15.0 Å². The van der Waals surface area contributed by atoms with Gasteiger partial charge in [0.15, 0.2) is 0 Å². The van der Waals surface area contributed by atoms with Gasteiger partial charge in [0.1, 0.15) is 17.3 Å². The van der Waals surface area contributed by atoms with Crippen molar-refractivity contribution in [1.29, 1.82) is 0 Å². The quantitative estimate of drug-likeness (QED) is 0.491. The van der Waals surface area contributed by atoms with Gasteiger partial charge in [-0.1, -0.05) is 48.5 Å². The van der Waals surface area contributed by atoms with E-state index in [4.69, 9.17) is 4.74 Å². The smallest absolute Gasteiger partial charge is 0.232 e. The van der Waals surface area contributed by atoms with Crippen molar-refractivity contribution >= 4 is 21.6 Å². The highest BCUT2D eigenvalue weighted by Crippen LogP contribution is 2.43. The highest BCUT2D eigenvalue weighted by molar-refractivity contribution is 7.89. The second-order valence-electron chi connectivity index (χ2n) is 8.91. The third-order valence-corrected chi connectivity index (χ3v) is 8.60. The van der Waals surface area contributed by atoms with Crippen molar-refractivity contribution in [3.05, 3.63) is 89.7 Å². The number of hydrogen-bond acceptors (Lipinski definition) is 5. The summed E-state index contributed by atoms with van der Waals surface area (Å²) in [5.74, 6) is 0.220. The summed E-state index contributed by atoms with van der Waals surface area (Å²) in [6.45, 7) is 1.71. The molecule has 2 aliphatic rings. The summed E-state index contributed by atoms with van der Waals surface area (Å²) >= 11 is 0. The number of sulfonamides is 1. The highest BCUT2D eigenvalue weighted by Gasteiger charge is 2.32. The fourth-order valence-corrected chi connectivity index (χ4v) is 6.29. The lowest BCUT2D eigenvalue weighted by atomic mass is 9.87. The Kier molecular flexibility index (Phi) is 6.93. The van der Waals surface area contributed by atoms with E-state index < -0.39 is 15.9 Å². The Labute approximate surface area is 210 Å². The number of para-hydroxylation sites is 3. The molecule has 1 fully saturated rings.